The van der Waals surface area contributed by atoms with Crippen molar-refractivity contribution in [2.45, 2.75) is 26.0 Å². The standard InChI is InChI=1S/C22H22NO6P/c1-13-18-17(14(2)24)21(25)23(18)19(22(26)27)20(13)29-30(28,15-9-5-3-6-10-15)16-11-7-4-8-12-16/h3-14,17-18,24H,1-2H3,(H,26,27)/t13?,14-,17?,18-/m1/s1. The number of aliphatic carboxylic acids is 1. The van der Waals surface area contributed by atoms with Gasteiger partial charge in [-0.2, -0.15) is 0 Å². The molecule has 2 heterocycles. The number of aliphatic hydroxyl groups is 1. The van der Waals surface area contributed by atoms with E-state index in [0.29, 0.717) is 10.6 Å². The second-order valence-electron chi connectivity index (χ2n) is 7.59. The molecule has 0 aromatic heterocycles. The van der Waals surface area contributed by atoms with Gasteiger partial charge in [-0.05, 0) is 31.2 Å². The first-order chi connectivity index (χ1) is 14.3. The van der Waals surface area contributed by atoms with E-state index < -0.39 is 43.2 Å². The molecule has 1 amide bonds. The molecule has 1 saturated heterocycles. The minimum atomic E-state index is -3.70. The highest BCUT2D eigenvalue weighted by molar-refractivity contribution is 7.74. The number of hydrogen-bond donors (Lipinski definition) is 2. The lowest BCUT2D eigenvalue weighted by Crippen LogP contribution is -2.63. The molecule has 2 aromatic rings. The molecule has 0 aliphatic carbocycles. The van der Waals surface area contributed by atoms with E-state index in [9.17, 15) is 24.4 Å². The van der Waals surface area contributed by atoms with Crippen molar-refractivity contribution in [1.82, 2.24) is 4.90 Å². The molecular formula is C22H22NO6P. The van der Waals surface area contributed by atoms with Crippen LogP contribution in [0.1, 0.15) is 13.8 Å². The minimum Gasteiger partial charge on any atom is -0.476 e. The quantitative estimate of drug-likeness (QED) is 0.541. The molecule has 0 radical (unpaired) electrons. The highest BCUT2D eigenvalue weighted by Crippen LogP contribution is 2.54. The van der Waals surface area contributed by atoms with Crippen LogP contribution in [0.4, 0.5) is 0 Å². The van der Waals surface area contributed by atoms with Gasteiger partial charge in [0.1, 0.15) is 5.76 Å². The van der Waals surface area contributed by atoms with Gasteiger partial charge in [0, 0.05) is 5.92 Å². The summed E-state index contributed by atoms with van der Waals surface area (Å²) in [7, 11) is -3.70. The first-order valence-electron chi connectivity index (χ1n) is 9.67. The van der Waals surface area contributed by atoms with Crippen molar-refractivity contribution in [1.29, 1.82) is 0 Å². The van der Waals surface area contributed by atoms with Crippen molar-refractivity contribution in [3.05, 3.63) is 72.1 Å². The van der Waals surface area contributed by atoms with Crippen LogP contribution < -0.4 is 10.6 Å². The lowest BCUT2D eigenvalue weighted by Gasteiger charge is -2.46. The number of aliphatic hydroxyl groups excluding tert-OH is 1. The maximum atomic E-state index is 14.2. The maximum absolute atomic E-state index is 14.2. The largest absolute Gasteiger partial charge is 0.476 e. The number of nitrogens with zero attached hydrogens (tertiary/aromatic N) is 1. The van der Waals surface area contributed by atoms with Crippen LogP contribution in [0.5, 0.6) is 0 Å². The Balaban J connectivity index is 1.83. The highest BCUT2D eigenvalue weighted by atomic mass is 31.2. The summed E-state index contributed by atoms with van der Waals surface area (Å²) in [6.45, 7) is 3.23. The first-order valence-corrected chi connectivity index (χ1v) is 11.3. The topological polar surface area (TPSA) is 104 Å². The number of carbonyl (C=O) groups excluding carboxylic acids is 1. The van der Waals surface area contributed by atoms with Crippen LogP contribution in [0.25, 0.3) is 0 Å². The summed E-state index contributed by atoms with van der Waals surface area (Å²) >= 11 is 0. The number of benzene rings is 2. The Labute approximate surface area is 174 Å². The fourth-order valence-electron chi connectivity index (χ4n) is 4.28. The summed E-state index contributed by atoms with van der Waals surface area (Å²) in [6.07, 6.45) is -0.925. The van der Waals surface area contributed by atoms with Gasteiger partial charge >= 0.3 is 13.3 Å². The van der Waals surface area contributed by atoms with Crippen molar-refractivity contribution in [3.8, 4) is 0 Å². The van der Waals surface area contributed by atoms with Crippen LogP contribution in [-0.2, 0) is 18.7 Å². The molecule has 0 saturated carbocycles. The van der Waals surface area contributed by atoms with Gasteiger partial charge in [-0.3, -0.25) is 14.3 Å². The fraction of sp³-hybridized carbons (Fsp3) is 0.273. The molecule has 8 heteroatoms. The van der Waals surface area contributed by atoms with Gasteiger partial charge in [-0.15, -0.1) is 0 Å². The second kappa shape index (κ2) is 7.42. The molecule has 2 aliphatic heterocycles. The average Bonchev–Trinajstić information content (AvgIpc) is 2.97. The Morgan fingerprint density at radius 2 is 1.57 bits per heavy atom. The molecule has 4 rings (SSSR count). The van der Waals surface area contributed by atoms with Crippen LogP contribution >= 0.6 is 7.37 Å². The number of amides is 1. The number of carboxylic acid groups (broad SMARTS) is 1. The Kier molecular flexibility index (Phi) is 5.04. The molecule has 2 unspecified atom stereocenters. The fourth-order valence-corrected chi connectivity index (χ4v) is 6.45. The Hall–Kier alpha value is -2.89. The molecule has 4 atom stereocenters. The highest BCUT2D eigenvalue weighted by Gasteiger charge is 2.61. The summed E-state index contributed by atoms with van der Waals surface area (Å²) in [5.74, 6) is -3.05. The zero-order valence-corrected chi connectivity index (χ0v) is 17.4. The van der Waals surface area contributed by atoms with Crippen molar-refractivity contribution >= 4 is 29.9 Å². The number of hydrogen-bond acceptors (Lipinski definition) is 5. The van der Waals surface area contributed by atoms with Crippen LogP contribution in [0.3, 0.4) is 0 Å². The normalized spacial score (nSPS) is 24.3. The van der Waals surface area contributed by atoms with Crippen LogP contribution in [-0.4, -0.2) is 39.1 Å². The van der Waals surface area contributed by atoms with Gasteiger partial charge in [0.25, 0.3) is 0 Å². The van der Waals surface area contributed by atoms with E-state index in [0.717, 1.165) is 4.90 Å². The van der Waals surface area contributed by atoms with Crippen LogP contribution in [0, 0.1) is 11.8 Å². The summed E-state index contributed by atoms with van der Waals surface area (Å²) in [6, 6.07) is 16.7. The summed E-state index contributed by atoms with van der Waals surface area (Å²) in [5, 5.41) is 20.7. The van der Waals surface area contributed by atoms with E-state index in [1.807, 2.05) is 0 Å². The molecule has 1 fully saturated rings. The summed E-state index contributed by atoms with van der Waals surface area (Å²) in [4.78, 5) is 25.7. The van der Waals surface area contributed by atoms with Gasteiger partial charge < -0.3 is 14.7 Å². The number of β-lactam (4-membered cyclic amide) rings is 1. The van der Waals surface area contributed by atoms with Gasteiger partial charge in [-0.1, -0.05) is 43.3 Å². The van der Waals surface area contributed by atoms with E-state index in [-0.39, 0.29) is 11.5 Å². The molecule has 0 spiro atoms. The molecule has 30 heavy (non-hydrogen) atoms. The molecule has 2 aromatic carbocycles. The van der Waals surface area contributed by atoms with Gasteiger partial charge in [0.15, 0.2) is 5.70 Å². The molecule has 7 nitrogen and oxygen atoms in total. The monoisotopic (exact) mass is 427 g/mol. The zero-order valence-electron chi connectivity index (χ0n) is 16.5. The smallest absolute Gasteiger partial charge is 0.356 e. The Bertz CT molecular complexity index is 1020. The molecule has 0 bridgehead atoms. The summed E-state index contributed by atoms with van der Waals surface area (Å²) in [5.41, 5.74) is -0.304. The van der Waals surface area contributed by atoms with Crippen LogP contribution in [0.15, 0.2) is 72.1 Å². The van der Waals surface area contributed by atoms with E-state index in [2.05, 4.69) is 0 Å². The average molecular weight is 427 g/mol. The van der Waals surface area contributed by atoms with Gasteiger partial charge in [-0.25, -0.2) is 4.79 Å². The molecule has 156 valence electrons. The lowest BCUT2D eigenvalue weighted by molar-refractivity contribution is -0.163. The zero-order chi connectivity index (χ0) is 21.6. The van der Waals surface area contributed by atoms with Crippen molar-refractivity contribution in [3.63, 3.8) is 0 Å². The minimum absolute atomic E-state index is 0.0000365. The first kappa shape index (κ1) is 20.4. The predicted octanol–water partition coefficient (Wildman–Crippen LogP) is 2.09. The Morgan fingerprint density at radius 1 is 1.07 bits per heavy atom. The summed E-state index contributed by atoms with van der Waals surface area (Å²) < 4.78 is 20.3. The number of fused-ring (bicyclic) bond motifs is 1. The molecule has 2 aliphatic rings. The Morgan fingerprint density at radius 3 is 2.00 bits per heavy atom. The van der Waals surface area contributed by atoms with Gasteiger partial charge in [0.2, 0.25) is 5.91 Å². The van der Waals surface area contributed by atoms with Gasteiger partial charge in [0.05, 0.1) is 28.7 Å². The van der Waals surface area contributed by atoms with E-state index >= 15 is 0 Å². The van der Waals surface area contributed by atoms with Crippen molar-refractivity contribution in [2.24, 2.45) is 11.8 Å². The van der Waals surface area contributed by atoms with Crippen molar-refractivity contribution < 1.29 is 28.9 Å². The van der Waals surface area contributed by atoms with Crippen molar-refractivity contribution in [2.75, 3.05) is 0 Å². The third kappa shape index (κ3) is 2.97. The van der Waals surface area contributed by atoms with E-state index in [1.54, 1.807) is 67.6 Å². The number of rotatable bonds is 6. The molecule has 2 N–H and O–H groups in total. The lowest BCUT2D eigenvalue weighted by atomic mass is 9.79. The maximum Gasteiger partial charge on any atom is 0.356 e. The van der Waals surface area contributed by atoms with E-state index in [4.69, 9.17) is 4.52 Å². The predicted molar refractivity (Wildman–Crippen MR) is 110 cm³/mol. The number of carbonyl (C=O) groups is 2. The second-order valence-corrected chi connectivity index (χ2v) is 9.90. The SMILES string of the molecule is CC1C(OP(=O)(c2ccccc2)c2ccccc2)=C(C(=O)O)N2C(=O)C([C@@H](C)O)[C@@H]12. The molecular weight excluding hydrogens is 405 g/mol. The van der Waals surface area contributed by atoms with E-state index in [1.165, 1.54) is 6.92 Å². The van der Waals surface area contributed by atoms with Crippen LogP contribution in [0.2, 0.25) is 0 Å². The third-order valence-electron chi connectivity index (χ3n) is 5.73. The third-order valence-corrected chi connectivity index (χ3v) is 8.14. The number of carboxylic acids is 1.